The average Bonchev–Trinajstić information content (AvgIpc) is 3.16. The average molecular weight is 395 g/mol. The maximum atomic E-state index is 13.0. The zero-order chi connectivity index (χ0) is 19.6. The van der Waals surface area contributed by atoms with Crippen molar-refractivity contribution in [2.24, 2.45) is 0 Å². The lowest BCUT2D eigenvalue weighted by Crippen LogP contribution is -3.19. The molecule has 150 valence electrons. The quantitative estimate of drug-likeness (QED) is 0.770. The fourth-order valence-corrected chi connectivity index (χ4v) is 5.90. The van der Waals surface area contributed by atoms with Gasteiger partial charge in [0.1, 0.15) is 0 Å². The number of piperazine rings is 1. The predicted molar refractivity (Wildman–Crippen MR) is 105 cm³/mol. The molecule has 1 amide bonds. The van der Waals surface area contributed by atoms with Gasteiger partial charge in [0.2, 0.25) is 10.0 Å². The summed E-state index contributed by atoms with van der Waals surface area (Å²) in [6, 6.07) is 5.73. The number of hydrogen-bond donors (Lipinski definition) is 2. The Hall–Kier alpha value is -1.44. The van der Waals surface area contributed by atoms with E-state index in [4.69, 9.17) is 0 Å². The van der Waals surface area contributed by atoms with Gasteiger partial charge in [-0.05, 0) is 50.8 Å². The van der Waals surface area contributed by atoms with E-state index in [9.17, 15) is 13.2 Å². The van der Waals surface area contributed by atoms with E-state index in [0.29, 0.717) is 37.1 Å². The second kappa shape index (κ2) is 8.29. The van der Waals surface area contributed by atoms with Crippen molar-refractivity contribution in [3.63, 3.8) is 0 Å². The first kappa shape index (κ1) is 20.3. The van der Waals surface area contributed by atoms with Crippen molar-refractivity contribution in [3.05, 3.63) is 29.3 Å². The molecule has 1 aromatic rings. The molecular formula is C20H32N3O3S+. The standard InChI is InChI=1S/C20H31N3O3S/c1-15-8-9-16(2)19(14-15)27(25,26)23-12-10-22(11-13-23)17(3)20(24)21-18-6-4-5-7-18/h8-9,14,17-18H,4-7,10-13H2,1-3H3,(H,21,24)/p+1/t17-/m0/s1. The van der Waals surface area contributed by atoms with E-state index in [1.165, 1.54) is 12.8 Å². The summed E-state index contributed by atoms with van der Waals surface area (Å²) in [5.41, 5.74) is 1.72. The lowest BCUT2D eigenvalue weighted by atomic mass is 10.2. The number of nitrogens with one attached hydrogen (secondary N) is 2. The van der Waals surface area contributed by atoms with Crippen LogP contribution in [0.2, 0.25) is 0 Å². The molecule has 2 aliphatic rings. The van der Waals surface area contributed by atoms with Crippen molar-refractivity contribution in [2.45, 2.75) is 63.4 Å². The van der Waals surface area contributed by atoms with Gasteiger partial charge in [-0.2, -0.15) is 4.31 Å². The van der Waals surface area contributed by atoms with Crippen molar-refractivity contribution < 1.29 is 18.1 Å². The Balaban J connectivity index is 1.60. The summed E-state index contributed by atoms with van der Waals surface area (Å²) in [6.07, 6.45) is 4.55. The van der Waals surface area contributed by atoms with Crippen LogP contribution in [0.1, 0.15) is 43.7 Å². The third-order valence-corrected chi connectivity index (χ3v) is 8.07. The minimum absolute atomic E-state index is 0.0998. The van der Waals surface area contributed by atoms with Gasteiger partial charge >= 0.3 is 0 Å². The molecule has 2 N–H and O–H groups in total. The lowest BCUT2D eigenvalue weighted by molar-refractivity contribution is -0.917. The molecule has 0 radical (unpaired) electrons. The highest BCUT2D eigenvalue weighted by atomic mass is 32.2. The Kier molecular flexibility index (Phi) is 6.23. The molecule has 7 heteroatoms. The molecule has 0 aromatic heterocycles. The third kappa shape index (κ3) is 4.52. The van der Waals surface area contributed by atoms with Crippen LogP contribution in [0.4, 0.5) is 0 Å². The topological polar surface area (TPSA) is 70.9 Å². The molecule has 3 rings (SSSR count). The van der Waals surface area contributed by atoms with E-state index < -0.39 is 10.0 Å². The van der Waals surface area contributed by atoms with E-state index in [1.54, 1.807) is 10.4 Å². The number of sulfonamides is 1. The first-order valence-electron chi connectivity index (χ1n) is 10.0. The molecular weight excluding hydrogens is 362 g/mol. The monoisotopic (exact) mass is 394 g/mol. The highest BCUT2D eigenvalue weighted by Crippen LogP contribution is 2.21. The number of hydrogen-bond acceptors (Lipinski definition) is 3. The normalized spacial score (nSPS) is 21.3. The molecule has 1 saturated carbocycles. The van der Waals surface area contributed by atoms with Crippen molar-refractivity contribution in [1.82, 2.24) is 9.62 Å². The summed E-state index contributed by atoms with van der Waals surface area (Å²) in [7, 11) is -3.48. The zero-order valence-electron chi connectivity index (χ0n) is 16.6. The molecule has 0 spiro atoms. The first-order chi connectivity index (χ1) is 12.8. The molecule has 1 heterocycles. The molecule has 2 fully saturated rings. The molecule has 1 aliphatic carbocycles. The van der Waals surface area contributed by atoms with Crippen LogP contribution in [0, 0.1) is 13.8 Å². The molecule has 27 heavy (non-hydrogen) atoms. The highest BCUT2D eigenvalue weighted by molar-refractivity contribution is 7.89. The number of aryl methyl sites for hydroxylation is 2. The third-order valence-electron chi connectivity index (χ3n) is 6.03. The van der Waals surface area contributed by atoms with Crippen LogP contribution in [0.25, 0.3) is 0 Å². The molecule has 1 aliphatic heterocycles. The Morgan fingerprint density at radius 3 is 2.44 bits per heavy atom. The van der Waals surface area contributed by atoms with Crippen LogP contribution in [-0.4, -0.2) is 56.9 Å². The van der Waals surface area contributed by atoms with E-state index in [0.717, 1.165) is 28.9 Å². The number of quaternary nitrogens is 1. The van der Waals surface area contributed by atoms with Crippen LogP contribution in [-0.2, 0) is 14.8 Å². The summed E-state index contributed by atoms with van der Waals surface area (Å²) >= 11 is 0. The van der Waals surface area contributed by atoms with Crippen molar-refractivity contribution >= 4 is 15.9 Å². The summed E-state index contributed by atoms with van der Waals surface area (Å²) in [5.74, 6) is 0.0998. The van der Waals surface area contributed by atoms with Crippen molar-refractivity contribution in [2.75, 3.05) is 26.2 Å². The summed E-state index contributed by atoms with van der Waals surface area (Å²) < 4.78 is 27.6. The van der Waals surface area contributed by atoms with Gasteiger partial charge in [-0.1, -0.05) is 25.0 Å². The van der Waals surface area contributed by atoms with Gasteiger partial charge in [-0.15, -0.1) is 0 Å². The molecule has 0 bridgehead atoms. The van der Waals surface area contributed by atoms with Crippen molar-refractivity contribution in [1.29, 1.82) is 0 Å². The molecule has 6 nitrogen and oxygen atoms in total. The molecule has 1 atom stereocenters. The van der Waals surface area contributed by atoms with Crippen LogP contribution in [0.5, 0.6) is 0 Å². The van der Waals surface area contributed by atoms with Gasteiger partial charge < -0.3 is 10.2 Å². The Morgan fingerprint density at radius 2 is 1.81 bits per heavy atom. The minimum atomic E-state index is -3.48. The maximum Gasteiger partial charge on any atom is 0.278 e. The summed E-state index contributed by atoms with van der Waals surface area (Å²) in [4.78, 5) is 14.1. The SMILES string of the molecule is Cc1ccc(C)c(S(=O)(=O)N2CC[NH+]([C@@H](C)C(=O)NC3CCCC3)CC2)c1. The van der Waals surface area contributed by atoms with Gasteiger partial charge in [0.05, 0.1) is 31.1 Å². The van der Waals surface area contributed by atoms with Crippen LogP contribution < -0.4 is 10.2 Å². The van der Waals surface area contributed by atoms with Crippen LogP contribution in [0.3, 0.4) is 0 Å². The van der Waals surface area contributed by atoms with Crippen LogP contribution >= 0.6 is 0 Å². The number of carbonyl (C=O) groups is 1. The number of rotatable bonds is 5. The molecule has 0 unspecified atom stereocenters. The molecule has 1 saturated heterocycles. The van der Waals surface area contributed by atoms with E-state index in [1.807, 2.05) is 32.9 Å². The Bertz CT molecular complexity index is 780. The minimum Gasteiger partial charge on any atom is -0.348 e. The molecule has 1 aromatic carbocycles. The van der Waals surface area contributed by atoms with E-state index in [2.05, 4.69) is 5.32 Å². The van der Waals surface area contributed by atoms with Gasteiger partial charge in [0, 0.05) is 6.04 Å². The predicted octanol–water partition coefficient (Wildman–Crippen LogP) is 0.640. The number of benzene rings is 1. The highest BCUT2D eigenvalue weighted by Gasteiger charge is 2.35. The van der Waals surface area contributed by atoms with E-state index in [-0.39, 0.29) is 11.9 Å². The summed E-state index contributed by atoms with van der Waals surface area (Å²) in [6.45, 7) is 7.91. The number of carbonyl (C=O) groups excluding carboxylic acids is 1. The van der Waals surface area contributed by atoms with Gasteiger partial charge in [-0.25, -0.2) is 8.42 Å². The number of nitrogens with zero attached hydrogens (tertiary/aromatic N) is 1. The fourth-order valence-electron chi connectivity index (χ4n) is 4.15. The van der Waals surface area contributed by atoms with Crippen LogP contribution in [0.15, 0.2) is 23.1 Å². The second-order valence-electron chi connectivity index (χ2n) is 8.04. The second-order valence-corrected chi connectivity index (χ2v) is 9.95. The first-order valence-corrected chi connectivity index (χ1v) is 11.5. The Morgan fingerprint density at radius 1 is 1.19 bits per heavy atom. The smallest absolute Gasteiger partial charge is 0.278 e. The fraction of sp³-hybridized carbons (Fsp3) is 0.650. The lowest BCUT2D eigenvalue weighted by Gasteiger charge is -2.34. The van der Waals surface area contributed by atoms with Gasteiger partial charge in [0.25, 0.3) is 5.91 Å². The summed E-state index contributed by atoms with van der Waals surface area (Å²) in [5, 5.41) is 3.17. The van der Waals surface area contributed by atoms with Gasteiger partial charge in [0.15, 0.2) is 6.04 Å². The zero-order valence-corrected chi connectivity index (χ0v) is 17.4. The van der Waals surface area contributed by atoms with E-state index >= 15 is 0 Å². The number of amides is 1. The van der Waals surface area contributed by atoms with Crippen molar-refractivity contribution in [3.8, 4) is 0 Å². The maximum absolute atomic E-state index is 13.0. The Labute approximate surface area is 163 Å². The largest absolute Gasteiger partial charge is 0.348 e. The van der Waals surface area contributed by atoms with Gasteiger partial charge in [-0.3, -0.25) is 4.79 Å².